The van der Waals surface area contributed by atoms with Crippen LogP contribution in [-0.2, 0) is 11.2 Å². The maximum absolute atomic E-state index is 12.1. The molecular weight excluding hydrogens is 288 g/mol. The highest BCUT2D eigenvalue weighted by Crippen LogP contribution is 2.14. The molecule has 1 aromatic carbocycles. The predicted octanol–water partition coefficient (Wildman–Crippen LogP) is 2.76. The summed E-state index contributed by atoms with van der Waals surface area (Å²) in [7, 11) is 0. The van der Waals surface area contributed by atoms with Crippen LogP contribution < -0.4 is 0 Å². The molecule has 0 aliphatic rings. The highest BCUT2D eigenvalue weighted by Gasteiger charge is 2.18. The summed E-state index contributed by atoms with van der Waals surface area (Å²) < 4.78 is 8.80. The number of aromatic nitrogens is 2. The summed E-state index contributed by atoms with van der Waals surface area (Å²) in [4.78, 5) is 24.4. The minimum absolute atomic E-state index is 0.212. The van der Waals surface area contributed by atoms with E-state index >= 15 is 0 Å². The van der Waals surface area contributed by atoms with E-state index in [9.17, 15) is 9.59 Å². The smallest absolute Gasteiger partial charge is 0.352 e. The van der Waals surface area contributed by atoms with Crippen molar-refractivity contribution in [2.24, 2.45) is 0 Å². The number of ketones is 1. The van der Waals surface area contributed by atoms with Crippen LogP contribution in [-0.4, -0.2) is 27.9 Å². The van der Waals surface area contributed by atoms with E-state index in [1.807, 2.05) is 32.9 Å². The van der Waals surface area contributed by atoms with Crippen LogP contribution in [0.1, 0.15) is 43.8 Å². The van der Waals surface area contributed by atoms with Crippen LogP contribution >= 0.6 is 11.5 Å². The lowest BCUT2D eigenvalue weighted by atomic mass is 10.0. The summed E-state index contributed by atoms with van der Waals surface area (Å²) in [5.41, 5.74) is 3.14. The Bertz CT molecular complexity index is 679. The molecule has 0 bridgehead atoms. The highest BCUT2D eigenvalue weighted by atomic mass is 32.1. The van der Waals surface area contributed by atoms with E-state index in [1.54, 1.807) is 6.07 Å². The molecule has 110 valence electrons. The predicted molar refractivity (Wildman–Crippen MR) is 79.8 cm³/mol. The number of hydrogen-bond acceptors (Lipinski definition) is 6. The molecule has 0 spiro atoms. The van der Waals surface area contributed by atoms with E-state index in [-0.39, 0.29) is 12.4 Å². The highest BCUT2D eigenvalue weighted by molar-refractivity contribution is 7.07. The van der Waals surface area contributed by atoms with E-state index in [1.165, 1.54) is 0 Å². The van der Waals surface area contributed by atoms with Crippen LogP contribution in [0.3, 0.4) is 0 Å². The van der Waals surface area contributed by atoms with Gasteiger partial charge in [-0.05, 0) is 37.4 Å². The molecule has 0 amide bonds. The summed E-state index contributed by atoms with van der Waals surface area (Å²) >= 11 is 0.988. The Balaban J connectivity index is 2.02. The first-order valence-electron chi connectivity index (χ1n) is 6.61. The molecular formula is C15H16N2O3S. The molecule has 1 aromatic heterocycles. The van der Waals surface area contributed by atoms with Crippen LogP contribution in [0.15, 0.2) is 18.2 Å². The lowest BCUT2D eigenvalue weighted by molar-refractivity contribution is 0.0478. The van der Waals surface area contributed by atoms with E-state index in [0.29, 0.717) is 22.6 Å². The molecule has 0 aliphatic carbocycles. The summed E-state index contributed by atoms with van der Waals surface area (Å²) in [5, 5.41) is 3.85. The van der Waals surface area contributed by atoms with Gasteiger partial charge >= 0.3 is 5.97 Å². The van der Waals surface area contributed by atoms with Gasteiger partial charge in [-0.3, -0.25) is 4.79 Å². The first-order chi connectivity index (χ1) is 10.0. The summed E-state index contributed by atoms with van der Waals surface area (Å²) in [6.45, 7) is 5.44. The lowest BCUT2D eigenvalue weighted by Gasteiger charge is -2.07. The van der Waals surface area contributed by atoms with Crippen LogP contribution in [0.4, 0.5) is 0 Å². The summed E-state index contributed by atoms with van der Waals surface area (Å²) in [6.07, 6.45) is 0.603. The first-order valence-corrected chi connectivity index (χ1v) is 7.39. The maximum atomic E-state index is 12.1. The number of esters is 1. The maximum Gasteiger partial charge on any atom is 0.352 e. The first kappa shape index (κ1) is 15.3. The van der Waals surface area contributed by atoms with Crippen molar-refractivity contribution in [1.82, 2.24) is 9.59 Å². The molecule has 0 fully saturated rings. The lowest BCUT2D eigenvalue weighted by Crippen LogP contribution is -2.15. The van der Waals surface area contributed by atoms with Gasteiger partial charge in [-0.15, -0.1) is 5.10 Å². The zero-order valence-corrected chi connectivity index (χ0v) is 13.0. The van der Waals surface area contributed by atoms with Crippen LogP contribution in [0, 0.1) is 13.8 Å². The zero-order chi connectivity index (χ0) is 15.4. The number of ether oxygens (including phenoxy) is 1. The van der Waals surface area contributed by atoms with Gasteiger partial charge in [-0.1, -0.05) is 35.2 Å². The minimum atomic E-state index is -0.542. The topological polar surface area (TPSA) is 69.2 Å². The number of rotatable bonds is 5. The van der Waals surface area contributed by atoms with Crippen molar-refractivity contribution in [3.63, 3.8) is 0 Å². The number of hydrogen-bond donors (Lipinski definition) is 0. The standard InChI is InChI=1S/C15H16N2O3S/c1-4-12-14(21-17-16-12)15(19)20-8-13(18)11-6-5-9(2)7-10(11)3/h5-7H,4,8H2,1-3H3. The largest absolute Gasteiger partial charge is 0.453 e. The molecule has 0 radical (unpaired) electrons. The molecule has 2 aromatic rings. The van der Waals surface area contributed by atoms with E-state index in [4.69, 9.17) is 4.74 Å². The second kappa shape index (κ2) is 6.58. The Hall–Kier alpha value is -2.08. The van der Waals surface area contributed by atoms with Gasteiger partial charge in [0, 0.05) is 5.56 Å². The van der Waals surface area contributed by atoms with E-state index in [2.05, 4.69) is 9.59 Å². The van der Waals surface area contributed by atoms with Gasteiger partial charge < -0.3 is 4.74 Å². The third-order valence-corrected chi connectivity index (χ3v) is 3.84. The summed E-state index contributed by atoms with van der Waals surface area (Å²) in [6, 6.07) is 5.55. The average molecular weight is 304 g/mol. The number of aryl methyl sites for hydroxylation is 3. The number of carbonyl (C=O) groups excluding carboxylic acids is 2. The van der Waals surface area contributed by atoms with Crippen molar-refractivity contribution >= 4 is 23.3 Å². The number of carbonyl (C=O) groups is 2. The molecule has 0 N–H and O–H groups in total. The van der Waals surface area contributed by atoms with E-state index < -0.39 is 5.97 Å². The number of Topliss-reactive ketones (excluding diaryl/α,β-unsaturated/α-hetero) is 1. The van der Waals surface area contributed by atoms with Gasteiger partial charge in [0.1, 0.15) is 0 Å². The van der Waals surface area contributed by atoms with Gasteiger partial charge in [0.2, 0.25) is 5.78 Å². The molecule has 6 heteroatoms. The van der Waals surface area contributed by atoms with Gasteiger partial charge in [-0.25, -0.2) is 4.79 Å². The minimum Gasteiger partial charge on any atom is -0.453 e. The van der Waals surface area contributed by atoms with Gasteiger partial charge in [0.25, 0.3) is 0 Å². The molecule has 0 atom stereocenters. The molecule has 1 heterocycles. The third-order valence-electron chi connectivity index (χ3n) is 3.09. The number of benzene rings is 1. The average Bonchev–Trinajstić information content (AvgIpc) is 2.92. The van der Waals surface area contributed by atoms with Gasteiger partial charge in [0.05, 0.1) is 5.69 Å². The van der Waals surface area contributed by atoms with Gasteiger partial charge in [0.15, 0.2) is 11.5 Å². The monoisotopic (exact) mass is 304 g/mol. The van der Waals surface area contributed by atoms with Crippen LogP contribution in [0.2, 0.25) is 0 Å². The fraction of sp³-hybridized carbons (Fsp3) is 0.333. The third kappa shape index (κ3) is 3.52. The zero-order valence-electron chi connectivity index (χ0n) is 12.2. The number of nitrogens with zero attached hydrogens (tertiary/aromatic N) is 2. The molecule has 2 rings (SSSR count). The summed E-state index contributed by atoms with van der Waals surface area (Å²) in [5.74, 6) is -0.753. The Morgan fingerprint density at radius 2 is 2.05 bits per heavy atom. The normalized spacial score (nSPS) is 10.4. The molecule has 21 heavy (non-hydrogen) atoms. The quantitative estimate of drug-likeness (QED) is 0.627. The molecule has 5 nitrogen and oxygen atoms in total. The van der Waals surface area contributed by atoms with Crippen molar-refractivity contribution in [1.29, 1.82) is 0 Å². The second-order valence-electron chi connectivity index (χ2n) is 4.72. The Morgan fingerprint density at radius 1 is 1.29 bits per heavy atom. The SMILES string of the molecule is CCc1nnsc1C(=O)OCC(=O)c1ccc(C)cc1C. The van der Waals surface area contributed by atoms with Gasteiger partial charge in [-0.2, -0.15) is 0 Å². The molecule has 0 unspecified atom stereocenters. The van der Waals surface area contributed by atoms with Crippen LogP contribution in [0.5, 0.6) is 0 Å². The van der Waals surface area contributed by atoms with Crippen molar-refractivity contribution in [3.8, 4) is 0 Å². The van der Waals surface area contributed by atoms with Crippen molar-refractivity contribution in [2.75, 3.05) is 6.61 Å². The second-order valence-corrected chi connectivity index (χ2v) is 5.47. The Labute approximate surface area is 127 Å². The van der Waals surface area contributed by atoms with E-state index in [0.717, 1.165) is 22.7 Å². The molecule has 0 aliphatic heterocycles. The Kier molecular flexibility index (Phi) is 4.80. The Morgan fingerprint density at radius 3 is 2.71 bits per heavy atom. The van der Waals surface area contributed by atoms with Crippen LogP contribution in [0.25, 0.3) is 0 Å². The van der Waals surface area contributed by atoms with Crippen molar-refractivity contribution < 1.29 is 14.3 Å². The fourth-order valence-corrected chi connectivity index (χ4v) is 2.64. The fourth-order valence-electron chi connectivity index (χ4n) is 2.00. The van der Waals surface area contributed by atoms with Crippen molar-refractivity contribution in [2.45, 2.75) is 27.2 Å². The van der Waals surface area contributed by atoms with Crippen molar-refractivity contribution in [3.05, 3.63) is 45.5 Å². The molecule has 0 saturated carbocycles. The molecule has 0 saturated heterocycles.